The second kappa shape index (κ2) is 2.37. The van der Waals surface area contributed by atoms with Gasteiger partial charge in [0, 0.05) is 35.4 Å². The minimum atomic E-state index is -2.76. The Morgan fingerprint density at radius 1 is 1.67 bits per heavy atom. The van der Waals surface area contributed by atoms with Gasteiger partial charge in [0.1, 0.15) is 0 Å². The van der Waals surface area contributed by atoms with E-state index in [1.807, 2.05) is 0 Å². The Hall–Kier alpha value is 1.03. The first kappa shape index (κ1) is 7.03. The molecule has 2 nitrogen and oxygen atoms in total. The number of halogens is 1. The van der Waals surface area contributed by atoms with Crippen LogP contribution in [0.5, 0.6) is 0 Å². The molecule has 0 aromatic rings. The Labute approximate surface area is 52.6 Å². The molecule has 0 atom stereocenters. The molecule has 0 aromatic heterocycles. The standard InChI is InChI=1S/CH3IO2S2/c1-6(3,4)5-2/h1H3. The molecule has 0 N–H and O–H groups in total. The van der Waals surface area contributed by atoms with Crippen LogP contribution in [0.15, 0.2) is 0 Å². The zero-order chi connectivity index (χ0) is 5.21. The lowest BCUT2D eigenvalue weighted by atomic mass is 12.0. The fraction of sp³-hybridized carbons (Fsp3) is 1.00. The summed E-state index contributed by atoms with van der Waals surface area (Å²) in [4.78, 5) is 0. The lowest BCUT2D eigenvalue weighted by Gasteiger charge is -1.77. The molecule has 0 bridgehead atoms. The van der Waals surface area contributed by atoms with E-state index in [9.17, 15) is 8.42 Å². The summed E-state index contributed by atoms with van der Waals surface area (Å²) in [7, 11) is -1.93. The molecule has 0 radical (unpaired) electrons. The van der Waals surface area contributed by atoms with Crippen molar-refractivity contribution in [3.63, 3.8) is 0 Å². The van der Waals surface area contributed by atoms with Crippen LogP contribution in [0, 0.1) is 0 Å². The normalized spacial score (nSPS) is 11.7. The van der Waals surface area contributed by atoms with Crippen molar-refractivity contribution in [3.05, 3.63) is 0 Å². The lowest BCUT2D eigenvalue weighted by Crippen LogP contribution is -1.80. The van der Waals surface area contributed by atoms with Crippen LogP contribution >= 0.6 is 29.2 Å². The molecule has 0 aliphatic rings. The molecule has 6 heavy (non-hydrogen) atoms. The molecule has 0 aliphatic carbocycles. The van der Waals surface area contributed by atoms with Gasteiger partial charge in [-0.3, -0.25) is 0 Å². The number of hydrogen-bond acceptors (Lipinski definition) is 3. The molecule has 0 fully saturated rings. The van der Waals surface area contributed by atoms with Gasteiger partial charge in [-0.05, 0) is 0 Å². The second-order valence-electron chi connectivity index (χ2n) is 0.767. The van der Waals surface area contributed by atoms with Crippen LogP contribution < -0.4 is 0 Å². The van der Waals surface area contributed by atoms with Crippen molar-refractivity contribution in [1.82, 2.24) is 0 Å². The van der Waals surface area contributed by atoms with E-state index in [2.05, 4.69) is 0 Å². The monoisotopic (exact) mass is 238 g/mol. The number of hydrogen-bond donors (Lipinski definition) is 0. The van der Waals surface area contributed by atoms with Crippen molar-refractivity contribution in [2.75, 3.05) is 6.26 Å². The van der Waals surface area contributed by atoms with Crippen molar-refractivity contribution in [2.24, 2.45) is 0 Å². The third kappa shape index (κ3) is 5.03. The van der Waals surface area contributed by atoms with E-state index >= 15 is 0 Å². The summed E-state index contributed by atoms with van der Waals surface area (Å²) >= 11 is 1.72. The van der Waals surface area contributed by atoms with Crippen LogP contribution in [0.1, 0.15) is 0 Å². The highest BCUT2D eigenvalue weighted by Crippen LogP contribution is 2.17. The minimum Gasteiger partial charge on any atom is -0.217 e. The van der Waals surface area contributed by atoms with Crippen LogP contribution in [-0.2, 0) is 8.87 Å². The summed E-state index contributed by atoms with van der Waals surface area (Å²) in [5, 5.41) is 0. The molecular formula is CH3IO2S2. The highest BCUT2D eigenvalue weighted by molar-refractivity contribution is 14.2. The van der Waals surface area contributed by atoms with E-state index in [-0.39, 0.29) is 0 Å². The first-order chi connectivity index (χ1) is 2.56. The molecule has 0 aromatic carbocycles. The zero-order valence-corrected chi connectivity index (χ0v) is 6.80. The summed E-state index contributed by atoms with van der Waals surface area (Å²) in [5.41, 5.74) is 0. The molecule has 0 heterocycles. The zero-order valence-electron chi connectivity index (χ0n) is 3.01. The third-order valence-corrected chi connectivity index (χ3v) is 6.91. The molecule has 0 aliphatic heterocycles. The average molecular weight is 238 g/mol. The van der Waals surface area contributed by atoms with Gasteiger partial charge in [-0.15, -0.1) is 0 Å². The van der Waals surface area contributed by atoms with Crippen molar-refractivity contribution in [2.45, 2.75) is 0 Å². The maximum absolute atomic E-state index is 9.96. The Balaban J connectivity index is 3.85. The molecule has 0 rings (SSSR count). The lowest BCUT2D eigenvalue weighted by molar-refractivity contribution is 0.616. The van der Waals surface area contributed by atoms with E-state index < -0.39 is 8.87 Å². The smallest absolute Gasteiger partial charge is 0.208 e. The van der Waals surface area contributed by atoms with E-state index in [0.717, 1.165) is 7.97 Å². The van der Waals surface area contributed by atoms with Crippen LogP contribution in [0.2, 0.25) is 0 Å². The predicted molar refractivity (Wildman–Crippen MR) is 36.5 cm³/mol. The van der Waals surface area contributed by atoms with Gasteiger partial charge >= 0.3 is 0 Å². The van der Waals surface area contributed by atoms with Crippen LogP contribution in [0.3, 0.4) is 0 Å². The first-order valence-corrected chi connectivity index (χ1v) is 6.83. The van der Waals surface area contributed by atoms with Gasteiger partial charge in [0.15, 0.2) is 0 Å². The Kier molecular flexibility index (Phi) is 2.77. The maximum atomic E-state index is 9.96. The molecule has 5 heteroatoms. The van der Waals surface area contributed by atoms with Gasteiger partial charge in [-0.25, -0.2) is 8.42 Å². The quantitative estimate of drug-likeness (QED) is 0.505. The highest BCUT2D eigenvalue weighted by Gasteiger charge is 1.94. The minimum absolute atomic E-state index is 0.824. The summed E-state index contributed by atoms with van der Waals surface area (Å²) in [6, 6.07) is 0. The summed E-state index contributed by atoms with van der Waals surface area (Å²) < 4.78 is 19.9. The number of rotatable bonds is 1. The molecule has 38 valence electrons. The van der Waals surface area contributed by atoms with E-state index in [0.29, 0.717) is 0 Å². The third-order valence-electron chi connectivity index (χ3n) is 0.114. The topological polar surface area (TPSA) is 34.1 Å². The van der Waals surface area contributed by atoms with Gasteiger partial charge < -0.3 is 0 Å². The molecular weight excluding hydrogens is 235 g/mol. The average Bonchev–Trinajstić information content (AvgIpc) is 1.35. The maximum Gasteiger partial charge on any atom is 0.208 e. The van der Waals surface area contributed by atoms with Gasteiger partial charge in [0.2, 0.25) is 8.87 Å². The molecule has 0 unspecified atom stereocenters. The van der Waals surface area contributed by atoms with Gasteiger partial charge in [-0.1, -0.05) is 0 Å². The summed E-state index contributed by atoms with van der Waals surface area (Å²) in [5.74, 6) is 0. The van der Waals surface area contributed by atoms with Crippen molar-refractivity contribution >= 4 is 38.0 Å². The van der Waals surface area contributed by atoms with Crippen molar-refractivity contribution in [3.8, 4) is 0 Å². The SMILES string of the molecule is CS(=O)(=O)SI. The largest absolute Gasteiger partial charge is 0.217 e. The Morgan fingerprint density at radius 2 is 1.83 bits per heavy atom. The van der Waals surface area contributed by atoms with Gasteiger partial charge in [0.25, 0.3) is 0 Å². The summed E-state index contributed by atoms with van der Waals surface area (Å²) in [6.07, 6.45) is 1.17. The fourth-order valence-electron chi connectivity index (χ4n) is 0. The van der Waals surface area contributed by atoms with E-state index in [1.54, 1.807) is 21.2 Å². The van der Waals surface area contributed by atoms with Gasteiger partial charge in [-0.2, -0.15) is 0 Å². The molecule has 0 spiro atoms. The molecule has 0 saturated heterocycles. The Bertz CT molecular complexity index is 114. The fourth-order valence-corrected chi connectivity index (χ4v) is 0. The highest BCUT2D eigenvalue weighted by atomic mass is 127. The van der Waals surface area contributed by atoms with Crippen LogP contribution in [-0.4, -0.2) is 14.7 Å². The van der Waals surface area contributed by atoms with Crippen LogP contribution in [0.25, 0.3) is 0 Å². The molecule has 0 amide bonds. The van der Waals surface area contributed by atoms with Crippen molar-refractivity contribution in [1.29, 1.82) is 0 Å². The second-order valence-corrected chi connectivity index (χ2v) is 7.73. The van der Waals surface area contributed by atoms with Gasteiger partial charge in [0.05, 0.1) is 0 Å². The first-order valence-electron chi connectivity index (χ1n) is 1.06. The molecule has 0 saturated carbocycles. The van der Waals surface area contributed by atoms with Crippen molar-refractivity contribution < 1.29 is 8.42 Å². The Morgan fingerprint density at radius 3 is 1.83 bits per heavy atom. The van der Waals surface area contributed by atoms with Crippen LogP contribution in [0.4, 0.5) is 0 Å². The van der Waals surface area contributed by atoms with E-state index in [4.69, 9.17) is 0 Å². The predicted octanol–water partition coefficient (Wildman–Crippen LogP) is 1.03. The van der Waals surface area contributed by atoms with E-state index in [1.165, 1.54) is 6.26 Å². The summed E-state index contributed by atoms with van der Waals surface area (Å²) in [6.45, 7) is 0.